The number of amides is 2. The van der Waals surface area contributed by atoms with Crippen molar-refractivity contribution < 1.29 is 4.79 Å². The minimum Gasteiger partial charge on any atom is -0.319 e. The molecule has 2 aromatic heterocycles. The van der Waals surface area contributed by atoms with Gasteiger partial charge in [0.2, 0.25) is 5.82 Å². The van der Waals surface area contributed by atoms with Crippen molar-refractivity contribution in [1.82, 2.24) is 19.4 Å². The van der Waals surface area contributed by atoms with Crippen LogP contribution in [0.5, 0.6) is 0 Å². The molecule has 2 atom stereocenters. The summed E-state index contributed by atoms with van der Waals surface area (Å²) in [5.41, 5.74) is 9.54. The van der Waals surface area contributed by atoms with Crippen LogP contribution in [-0.4, -0.2) is 33.6 Å². The number of nitrogens with two attached hydrogens (primary N) is 1. The quantitative estimate of drug-likeness (QED) is 0.275. The molecule has 0 radical (unpaired) electrons. The predicted octanol–water partition coefficient (Wildman–Crippen LogP) is 7.53. The van der Waals surface area contributed by atoms with Gasteiger partial charge in [-0.1, -0.05) is 74.3 Å². The molecule has 2 amide bonds. The van der Waals surface area contributed by atoms with Crippen molar-refractivity contribution in [2.24, 2.45) is 5.73 Å². The number of rotatable bonds is 3. The van der Waals surface area contributed by atoms with Crippen molar-refractivity contribution in [2.75, 3.05) is 6.54 Å². The van der Waals surface area contributed by atoms with Crippen LogP contribution in [0, 0.1) is 0 Å². The number of carbonyl (C=O) groups excluding carboxylic acids is 1. The smallest absolute Gasteiger partial charge is 0.319 e. The topological polar surface area (TPSA) is 81.8 Å². The zero-order chi connectivity index (χ0) is 26.5. The highest BCUT2D eigenvalue weighted by molar-refractivity contribution is 6.33. The van der Waals surface area contributed by atoms with E-state index in [2.05, 4.69) is 27.7 Å². The monoisotopic (exact) mass is 534 g/mol. The number of carbonyl (C=O) groups is 1. The number of primary amides is 1. The number of pyridine rings is 1. The normalized spacial score (nSPS) is 19.9. The van der Waals surface area contributed by atoms with Crippen molar-refractivity contribution in [1.29, 1.82) is 0 Å². The first-order chi connectivity index (χ1) is 17.5. The summed E-state index contributed by atoms with van der Waals surface area (Å²) in [6, 6.07) is 16.8. The number of urea groups is 1. The van der Waals surface area contributed by atoms with Crippen LogP contribution in [-0.2, 0) is 5.41 Å². The van der Waals surface area contributed by atoms with Gasteiger partial charge in [0, 0.05) is 39.4 Å². The number of aromatic nitrogens is 3. The molecule has 0 saturated carbocycles. The maximum atomic E-state index is 13.1. The third-order valence-corrected chi connectivity index (χ3v) is 7.86. The number of likely N-dealkylation sites (tertiary alicyclic amines) is 1. The zero-order valence-corrected chi connectivity index (χ0v) is 22.9. The van der Waals surface area contributed by atoms with Crippen LogP contribution in [0.25, 0.3) is 33.4 Å². The van der Waals surface area contributed by atoms with Crippen LogP contribution >= 0.6 is 23.2 Å². The van der Waals surface area contributed by atoms with Crippen molar-refractivity contribution in [3.05, 3.63) is 70.5 Å². The predicted molar refractivity (Wildman–Crippen MR) is 152 cm³/mol. The second-order valence-electron chi connectivity index (χ2n) is 10.8. The molecule has 0 bridgehead atoms. The molecule has 2 N–H and O–H groups in total. The van der Waals surface area contributed by atoms with E-state index in [1.165, 1.54) is 0 Å². The molecule has 1 fully saturated rings. The Morgan fingerprint density at radius 1 is 1.00 bits per heavy atom. The summed E-state index contributed by atoms with van der Waals surface area (Å²) in [6.45, 7) is 8.81. The summed E-state index contributed by atoms with van der Waals surface area (Å²) in [7, 11) is 0. The average molecular weight is 535 g/mol. The molecule has 190 valence electrons. The molecule has 1 saturated heterocycles. The number of benzene rings is 2. The first kappa shape index (κ1) is 25.6. The van der Waals surface area contributed by atoms with Crippen LogP contribution in [0.1, 0.15) is 46.4 Å². The van der Waals surface area contributed by atoms with Crippen molar-refractivity contribution >= 4 is 46.1 Å². The van der Waals surface area contributed by atoms with E-state index in [9.17, 15) is 4.79 Å². The molecule has 2 aromatic carbocycles. The summed E-state index contributed by atoms with van der Waals surface area (Å²) < 4.78 is -0.0186. The molecule has 0 aliphatic carbocycles. The molecule has 8 heteroatoms. The van der Waals surface area contributed by atoms with Crippen molar-refractivity contribution in [3.8, 4) is 22.4 Å². The standard InChI is InChI=1S/C29H29Cl2N5O/c1-17-8-7-15-36(17,28(32)37)26-22-16-21(18-11-13-19(30)14-12-18)24(20-9-5-6-10-23(20)31)33-25(22)34-27(35-26)29(2,3)4/h5-6,9-14,16-17H,7-8,15H2,1-4H3,(H-,32,37)/p+1/t17-,36?/m1/s1. The lowest BCUT2D eigenvalue weighted by molar-refractivity contribution is 0.204. The van der Waals surface area contributed by atoms with E-state index >= 15 is 0 Å². The Morgan fingerprint density at radius 3 is 2.30 bits per heavy atom. The minimum atomic E-state index is -0.409. The van der Waals surface area contributed by atoms with Crippen molar-refractivity contribution in [2.45, 2.75) is 52.0 Å². The second kappa shape index (κ2) is 9.35. The maximum absolute atomic E-state index is 13.1. The number of hydrogen-bond donors (Lipinski definition) is 1. The lowest BCUT2D eigenvalue weighted by atomic mass is 9.94. The molecule has 5 rings (SSSR count). The van der Waals surface area contributed by atoms with Gasteiger partial charge < -0.3 is 5.73 Å². The van der Waals surface area contributed by atoms with Gasteiger partial charge in [0.05, 0.1) is 12.2 Å². The summed E-state index contributed by atoms with van der Waals surface area (Å²) in [6.07, 6.45) is 1.77. The number of halogens is 2. The first-order valence-corrected chi connectivity index (χ1v) is 13.2. The van der Waals surface area contributed by atoms with Crippen LogP contribution < -0.4 is 10.2 Å². The third-order valence-electron chi connectivity index (χ3n) is 7.28. The fourth-order valence-electron chi connectivity index (χ4n) is 5.21. The molecule has 1 aliphatic heterocycles. The number of hydrogen-bond acceptors (Lipinski definition) is 4. The number of nitrogens with zero attached hydrogens (tertiary/aromatic N) is 4. The molecular formula is C29H30Cl2N5O+. The largest absolute Gasteiger partial charge is 0.420 e. The van der Waals surface area contributed by atoms with Crippen LogP contribution in [0.2, 0.25) is 10.0 Å². The van der Waals surface area contributed by atoms with E-state index in [-0.39, 0.29) is 15.9 Å². The summed E-state index contributed by atoms with van der Waals surface area (Å²) >= 11 is 12.9. The Balaban J connectivity index is 1.93. The molecule has 0 spiro atoms. The maximum Gasteiger partial charge on any atom is 0.420 e. The highest BCUT2D eigenvalue weighted by atomic mass is 35.5. The zero-order valence-electron chi connectivity index (χ0n) is 21.4. The third kappa shape index (κ3) is 4.37. The van der Waals surface area contributed by atoms with E-state index in [1.807, 2.05) is 54.6 Å². The van der Waals surface area contributed by atoms with E-state index < -0.39 is 6.03 Å². The Morgan fingerprint density at radius 2 is 1.70 bits per heavy atom. The molecule has 4 aromatic rings. The van der Waals surface area contributed by atoms with Crippen LogP contribution in [0.4, 0.5) is 10.6 Å². The van der Waals surface area contributed by atoms with E-state index in [1.54, 1.807) is 0 Å². The summed E-state index contributed by atoms with van der Waals surface area (Å²) in [5, 5.41) is 1.93. The first-order valence-electron chi connectivity index (χ1n) is 12.4. The molecule has 37 heavy (non-hydrogen) atoms. The Kier molecular flexibility index (Phi) is 6.47. The molecular weight excluding hydrogens is 505 g/mol. The van der Waals surface area contributed by atoms with Gasteiger partial charge in [-0.25, -0.2) is 14.8 Å². The van der Waals surface area contributed by atoms with Gasteiger partial charge in [-0.05, 0) is 36.8 Å². The van der Waals surface area contributed by atoms with Gasteiger partial charge in [0.1, 0.15) is 17.3 Å². The van der Waals surface area contributed by atoms with E-state index in [0.717, 1.165) is 29.5 Å². The van der Waals surface area contributed by atoms with Crippen molar-refractivity contribution in [3.63, 3.8) is 0 Å². The fourth-order valence-corrected chi connectivity index (χ4v) is 5.56. The number of quaternary nitrogens is 1. The summed E-state index contributed by atoms with van der Waals surface area (Å²) in [4.78, 5) is 28.2. The highest BCUT2D eigenvalue weighted by Crippen LogP contribution is 2.42. The average Bonchev–Trinajstić information content (AvgIpc) is 3.25. The van der Waals surface area contributed by atoms with Gasteiger partial charge in [0.15, 0.2) is 5.65 Å². The van der Waals surface area contributed by atoms with Crippen LogP contribution in [0.3, 0.4) is 0 Å². The van der Waals surface area contributed by atoms with Gasteiger partial charge in [0.25, 0.3) is 0 Å². The molecule has 1 aliphatic rings. The Labute approximate surface area is 227 Å². The fraction of sp³-hybridized carbons (Fsp3) is 0.310. The minimum absolute atomic E-state index is 0.00866. The van der Waals surface area contributed by atoms with Gasteiger partial charge in [-0.3, -0.25) is 0 Å². The number of fused-ring (bicyclic) bond motifs is 1. The van der Waals surface area contributed by atoms with E-state index in [4.69, 9.17) is 43.9 Å². The Bertz CT molecular complexity index is 1510. The van der Waals surface area contributed by atoms with Crippen LogP contribution in [0.15, 0.2) is 54.6 Å². The van der Waals surface area contributed by atoms with Gasteiger partial charge >= 0.3 is 6.03 Å². The van der Waals surface area contributed by atoms with Gasteiger partial charge in [-0.2, -0.15) is 9.47 Å². The highest BCUT2D eigenvalue weighted by Gasteiger charge is 2.50. The second-order valence-corrected chi connectivity index (χ2v) is 11.6. The van der Waals surface area contributed by atoms with E-state index in [0.29, 0.717) is 45.0 Å². The molecule has 3 heterocycles. The SMILES string of the molecule is C[C@@H]1CCC[N+]1(C(N)=O)c1nc(C(C)(C)C)nc2nc(-c3ccccc3Cl)c(-c3ccc(Cl)cc3)cc12. The molecule has 1 unspecified atom stereocenters. The Hall–Kier alpha value is -3.06. The lowest BCUT2D eigenvalue weighted by Gasteiger charge is -2.33. The summed E-state index contributed by atoms with van der Waals surface area (Å²) in [5.74, 6) is 1.23. The van der Waals surface area contributed by atoms with Gasteiger partial charge in [-0.15, -0.1) is 0 Å². The lowest BCUT2D eigenvalue weighted by Crippen LogP contribution is -2.59. The molecule has 6 nitrogen and oxygen atoms in total.